The molecular formula is C24H21N3OS. The van der Waals surface area contributed by atoms with Crippen molar-refractivity contribution in [2.24, 2.45) is 0 Å². The summed E-state index contributed by atoms with van der Waals surface area (Å²) >= 11 is 1.80. The summed E-state index contributed by atoms with van der Waals surface area (Å²) in [6.07, 6.45) is 2.33. The highest BCUT2D eigenvalue weighted by Crippen LogP contribution is 2.49. The molecule has 4 nitrogen and oxygen atoms in total. The summed E-state index contributed by atoms with van der Waals surface area (Å²) in [5.41, 5.74) is 4.41. The molecule has 29 heavy (non-hydrogen) atoms. The average Bonchev–Trinajstić information content (AvgIpc) is 3.27. The van der Waals surface area contributed by atoms with Crippen LogP contribution in [0.15, 0.2) is 87.0 Å². The fourth-order valence-corrected chi connectivity index (χ4v) is 4.70. The van der Waals surface area contributed by atoms with Crippen molar-refractivity contribution in [2.45, 2.75) is 29.6 Å². The van der Waals surface area contributed by atoms with Crippen LogP contribution in [0.25, 0.3) is 22.9 Å². The number of para-hydroxylation sites is 1. The second-order valence-corrected chi connectivity index (χ2v) is 8.12. The summed E-state index contributed by atoms with van der Waals surface area (Å²) in [5, 5.41) is 8.52. The van der Waals surface area contributed by atoms with Gasteiger partial charge in [0.2, 0.25) is 11.8 Å². The van der Waals surface area contributed by atoms with E-state index in [1.54, 1.807) is 11.8 Å². The summed E-state index contributed by atoms with van der Waals surface area (Å²) in [6.45, 7) is 3.24. The van der Waals surface area contributed by atoms with Crippen LogP contribution in [0.2, 0.25) is 0 Å². The standard InChI is InChI=1S/C24H21N3OS/c1-2-3-15-27-19-11-7-8-12-21(19)29-22-16-18(13-14-20(22)27)24-26-25-23(28-24)17-9-5-4-6-10-17/h4-14,16H,2-3,15H2,1H3. The fourth-order valence-electron chi connectivity index (χ4n) is 3.56. The molecule has 0 N–H and O–H groups in total. The zero-order valence-electron chi connectivity index (χ0n) is 16.2. The normalized spacial score (nSPS) is 12.5. The summed E-state index contributed by atoms with van der Waals surface area (Å²) in [5.74, 6) is 1.09. The van der Waals surface area contributed by atoms with Gasteiger partial charge in [0, 0.05) is 27.5 Å². The van der Waals surface area contributed by atoms with E-state index in [-0.39, 0.29) is 0 Å². The molecular weight excluding hydrogens is 378 g/mol. The lowest BCUT2D eigenvalue weighted by atomic mass is 10.1. The fraction of sp³-hybridized carbons (Fsp3) is 0.167. The summed E-state index contributed by atoms with van der Waals surface area (Å²) in [6, 6.07) is 24.9. The maximum Gasteiger partial charge on any atom is 0.248 e. The summed E-state index contributed by atoms with van der Waals surface area (Å²) in [7, 11) is 0. The molecule has 5 heteroatoms. The van der Waals surface area contributed by atoms with E-state index in [2.05, 4.69) is 64.5 Å². The van der Waals surface area contributed by atoms with Gasteiger partial charge in [0.25, 0.3) is 0 Å². The minimum atomic E-state index is 0.542. The van der Waals surface area contributed by atoms with Crippen molar-refractivity contribution in [3.63, 3.8) is 0 Å². The number of unbranched alkanes of at least 4 members (excludes halogenated alkanes) is 1. The molecule has 1 aliphatic heterocycles. The minimum Gasteiger partial charge on any atom is -0.416 e. The Morgan fingerprint density at radius 2 is 1.52 bits per heavy atom. The highest BCUT2D eigenvalue weighted by Gasteiger charge is 2.24. The first kappa shape index (κ1) is 18.0. The molecule has 4 aromatic rings. The second kappa shape index (κ2) is 7.76. The van der Waals surface area contributed by atoms with Crippen molar-refractivity contribution in [1.82, 2.24) is 10.2 Å². The summed E-state index contributed by atoms with van der Waals surface area (Å²) < 4.78 is 5.96. The molecule has 5 rings (SSSR count). The zero-order valence-corrected chi connectivity index (χ0v) is 17.0. The molecule has 144 valence electrons. The van der Waals surface area contributed by atoms with Crippen LogP contribution < -0.4 is 4.90 Å². The Labute approximate surface area is 174 Å². The van der Waals surface area contributed by atoms with Crippen LogP contribution >= 0.6 is 11.8 Å². The SMILES string of the molecule is CCCCN1c2ccccc2Sc2cc(-c3nnc(-c4ccccc4)o3)ccc21. The van der Waals surface area contributed by atoms with Gasteiger partial charge < -0.3 is 9.32 Å². The summed E-state index contributed by atoms with van der Waals surface area (Å²) in [4.78, 5) is 4.93. The quantitative estimate of drug-likeness (QED) is 0.369. The van der Waals surface area contributed by atoms with E-state index in [1.165, 1.54) is 27.6 Å². The van der Waals surface area contributed by atoms with Crippen molar-refractivity contribution in [1.29, 1.82) is 0 Å². The van der Waals surface area contributed by atoms with E-state index in [0.29, 0.717) is 11.8 Å². The van der Waals surface area contributed by atoms with Gasteiger partial charge in [-0.2, -0.15) is 0 Å². The number of anilines is 2. The van der Waals surface area contributed by atoms with E-state index in [0.717, 1.165) is 24.1 Å². The topological polar surface area (TPSA) is 42.2 Å². The third-order valence-corrected chi connectivity index (χ3v) is 6.17. The number of hydrogen-bond acceptors (Lipinski definition) is 5. The lowest BCUT2D eigenvalue weighted by molar-refractivity contribution is 0.584. The molecule has 0 bridgehead atoms. The number of aromatic nitrogens is 2. The van der Waals surface area contributed by atoms with Gasteiger partial charge in [0.05, 0.1) is 11.4 Å². The molecule has 1 aromatic heterocycles. The molecule has 0 unspecified atom stereocenters. The first-order valence-electron chi connectivity index (χ1n) is 9.91. The van der Waals surface area contributed by atoms with Gasteiger partial charge in [-0.3, -0.25) is 0 Å². The molecule has 1 aliphatic rings. The van der Waals surface area contributed by atoms with Gasteiger partial charge in [0.15, 0.2) is 0 Å². The maximum absolute atomic E-state index is 5.96. The highest BCUT2D eigenvalue weighted by atomic mass is 32.2. The molecule has 2 heterocycles. The Kier molecular flexibility index (Phi) is 4.82. The van der Waals surface area contributed by atoms with Crippen LogP contribution in [-0.4, -0.2) is 16.7 Å². The van der Waals surface area contributed by atoms with Crippen molar-refractivity contribution < 1.29 is 4.42 Å². The lowest BCUT2D eigenvalue weighted by Gasteiger charge is -2.33. The van der Waals surface area contributed by atoms with Crippen LogP contribution in [0.1, 0.15) is 19.8 Å². The Morgan fingerprint density at radius 3 is 2.34 bits per heavy atom. The van der Waals surface area contributed by atoms with Gasteiger partial charge in [-0.15, -0.1) is 10.2 Å². The molecule has 0 aliphatic carbocycles. The van der Waals surface area contributed by atoms with Crippen LogP contribution in [0.4, 0.5) is 11.4 Å². The highest BCUT2D eigenvalue weighted by molar-refractivity contribution is 7.99. The predicted molar refractivity (Wildman–Crippen MR) is 118 cm³/mol. The van der Waals surface area contributed by atoms with Crippen molar-refractivity contribution in [3.05, 3.63) is 72.8 Å². The molecule has 3 aromatic carbocycles. The van der Waals surface area contributed by atoms with Gasteiger partial charge >= 0.3 is 0 Å². The third-order valence-electron chi connectivity index (χ3n) is 5.05. The van der Waals surface area contributed by atoms with Crippen LogP contribution in [0.5, 0.6) is 0 Å². The Hall–Kier alpha value is -3.05. The van der Waals surface area contributed by atoms with Gasteiger partial charge in [-0.1, -0.05) is 55.4 Å². The molecule has 0 saturated heterocycles. The smallest absolute Gasteiger partial charge is 0.248 e. The monoisotopic (exact) mass is 399 g/mol. The first-order chi connectivity index (χ1) is 14.3. The van der Waals surface area contributed by atoms with E-state index in [1.807, 2.05) is 30.3 Å². The molecule has 0 fully saturated rings. The van der Waals surface area contributed by atoms with Crippen molar-refractivity contribution in [2.75, 3.05) is 11.4 Å². The predicted octanol–water partition coefficient (Wildman–Crippen LogP) is 6.81. The maximum atomic E-state index is 5.96. The number of nitrogens with zero attached hydrogens (tertiary/aromatic N) is 3. The molecule has 0 saturated carbocycles. The van der Waals surface area contributed by atoms with Gasteiger partial charge in [-0.25, -0.2) is 0 Å². The van der Waals surface area contributed by atoms with Crippen LogP contribution in [-0.2, 0) is 0 Å². The zero-order chi connectivity index (χ0) is 19.6. The first-order valence-corrected chi connectivity index (χ1v) is 10.7. The molecule has 0 spiro atoms. The minimum absolute atomic E-state index is 0.542. The second-order valence-electron chi connectivity index (χ2n) is 7.04. The number of benzene rings is 3. The van der Waals surface area contributed by atoms with E-state index >= 15 is 0 Å². The molecule has 0 atom stereocenters. The third kappa shape index (κ3) is 3.42. The average molecular weight is 400 g/mol. The number of fused-ring (bicyclic) bond motifs is 2. The van der Waals surface area contributed by atoms with Crippen LogP contribution in [0.3, 0.4) is 0 Å². The van der Waals surface area contributed by atoms with E-state index in [4.69, 9.17) is 4.42 Å². The Bertz CT molecular complexity index is 1140. The molecule has 0 amide bonds. The number of hydrogen-bond donors (Lipinski definition) is 0. The number of rotatable bonds is 5. The van der Waals surface area contributed by atoms with E-state index < -0.39 is 0 Å². The van der Waals surface area contributed by atoms with Gasteiger partial charge in [-0.05, 0) is 48.9 Å². The van der Waals surface area contributed by atoms with Crippen LogP contribution in [0, 0.1) is 0 Å². The van der Waals surface area contributed by atoms with E-state index in [9.17, 15) is 0 Å². The Balaban J connectivity index is 1.51. The largest absolute Gasteiger partial charge is 0.416 e. The van der Waals surface area contributed by atoms with Crippen molar-refractivity contribution >= 4 is 23.1 Å². The Morgan fingerprint density at radius 1 is 0.793 bits per heavy atom. The van der Waals surface area contributed by atoms with Gasteiger partial charge in [0.1, 0.15) is 0 Å². The van der Waals surface area contributed by atoms with Crippen molar-refractivity contribution in [3.8, 4) is 22.9 Å². The molecule has 0 radical (unpaired) electrons. The lowest BCUT2D eigenvalue weighted by Crippen LogP contribution is -2.21.